The summed E-state index contributed by atoms with van der Waals surface area (Å²) in [6.07, 6.45) is 0. The molecule has 1 fully saturated rings. The van der Waals surface area contributed by atoms with Crippen molar-refractivity contribution >= 4 is 18.3 Å². The van der Waals surface area contributed by atoms with E-state index < -0.39 is 0 Å². The molecule has 1 saturated heterocycles. The van der Waals surface area contributed by atoms with Crippen LogP contribution in [-0.2, 0) is 0 Å². The van der Waals surface area contributed by atoms with Gasteiger partial charge in [-0.25, -0.2) is 4.39 Å². The van der Waals surface area contributed by atoms with Gasteiger partial charge in [-0.05, 0) is 32.0 Å². The molecule has 2 rings (SSSR count). The number of carbonyl (C=O) groups is 1. The van der Waals surface area contributed by atoms with Crippen LogP contribution in [-0.4, -0.2) is 36.0 Å². The molecule has 2 unspecified atom stereocenters. The summed E-state index contributed by atoms with van der Waals surface area (Å²) in [7, 11) is 0. The number of amides is 1. The van der Waals surface area contributed by atoms with Crippen molar-refractivity contribution in [3.63, 3.8) is 0 Å². The minimum absolute atomic E-state index is 0. The molecule has 0 aromatic heterocycles. The second-order valence-electron chi connectivity index (χ2n) is 4.69. The summed E-state index contributed by atoms with van der Waals surface area (Å²) >= 11 is 0. The van der Waals surface area contributed by atoms with Gasteiger partial charge in [-0.15, -0.1) is 12.4 Å². The van der Waals surface area contributed by atoms with Crippen molar-refractivity contribution < 1.29 is 9.18 Å². The molecule has 1 heterocycles. The van der Waals surface area contributed by atoms with Crippen LogP contribution in [0.1, 0.15) is 24.2 Å². The van der Waals surface area contributed by atoms with Gasteiger partial charge in [0, 0.05) is 30.7 Å². The summed E-state index contributed by atoms with van der Waals surface area (Å²) < 4.78 is 13.1. The summed E-state index contributed by atoms with van der Waals surface area (Å²) in [5.41, 5.74) is 0.423. The number of hydrogen-bond donors (Lipinski definition) is 1. The van der Waals surface area contributed by atoms with Gasteiger partial charge >= 0.3 is 0 Å². The van der Waals surface area contributed by atoms with E-state index in [0.29, 0.717) is 18.7 Å². The number of nitrogens with zero attached hydrogens (tertiary/aromatic N) is 1. The molecule has 1 aromatic rings. The highest BCUT2D eigenvalue weighted by Gasteiger charge is 2.25. The molecule has 100 valence electrons. The number of nitrogens with one attached hydrogen (secondary N) is 1. The Balaban J connectivity index is 0.00000162. The van der Waals surface area contributed by atoms with Gasteiger partial charge in [0.25, 0.3) is 5.91 Å². The van der Waals surface area contributed by atoms with E-state index in [9.17, 15) is 9.18 Å². The summed E-state index contributed by atoms with van der Waals surface area (Å²) in [6.45, 7) is 5.42. The highest BCUT2D eigenvalue weighted by atomic mass is 35.5. The minimum Gasteiger partial charge on any atom is -0.336 e. The first-order valence-corrected chi connectivity index (χ1v) is 5.87. The fourth-order valence-corrected chi connectivity index (χ4v) is 2.30. The lowest BCUT2D eigenvalue weighted by Crippen LogP contribution is -2.55. The van der Waals surface area contributed by atoms with Crippen LogP contribution in [0, 0.1) is 5.82 Å². The Kier molecular flexibility index (Phi) is 5.11. The van der Waals surface area contributed by atoms with E-state index in [0.717, 1.165) is 0 Å². The molecule has 1 aliphatic rings. The molecule has 0 spiro atoms. The van der Waals surface area contributed by atoms with Crippen molar-refractivity contribution in [2.75, 3.05) is 13.1 Å². The standard InChI is InChI=1S/C13H17FN2O.ClH/c1-9-7-16(8-10(2)15-9)13(17)11-4-3-5-12(14)6-11;/h3-6,9-10,15H,7-8H2,1-2H3;1H. The first kappa shape index (κ1) is 14.9. The van der Waals surface area contributed by atoms with Crippen LogP contribution in [0.2, 0.25) is 0 Å². The van der Waals surface area contributed by atoms with Gasteiger partial charge in [0.05, 0.1) is 0 Å². The lowest BCUT2D eigenvalue weighted by atomic mass is 10.1. The van der Waals surface area contributed by atoms with Crippen LogP contribution in [0.4, 0.5) is 4.39 Å². The average Bonchev–Trinajstić information content (AvgIpc) is 2.26. The molecule has 0 aliphatic carbocycles. The fraction of sp³-hybridized carbons (Fsp3) is 0.462. The Labute approximate surface area is 113 Å². The van der Waals surface area contributed by atoms with Crippen molar-refractivity contribution in [2.45, 2.75) is 25.9 Å². The number of hydrogen-bond acceptors (Lipinski definition) is 2. The molecule has 5 heteroatoms. The van der Waals surface area contributed by atoms with Gasteiger partial charge in [0.1, 0.15) is 5.82 Å². The molecule has 0 bridgehead atoms. The Bertz CT molecular complexity index is 417. The van der Waals surface area contributed by atoms with Crippen LogP contribution in [0.25, 0.3) is 0 Å². The molecule has 1 aliphatic heterocycles. The Morgan fingerprint density at radius 2 is 1.94 bits per heavy atom. The number of carbonyl (C=O) groups excluding carboxylic acids is 1. The molecule has 3 nitrogen and oxygen atoms in total. The molecule has 1 amide bonds. The maximum Gasteiger partial charge on any atom is 0.254 e. The highest BCUT2D eigenvalue weighted by Crippen LogP contribution is 2.11. The van der Waals surface area contributed by atoms with Gasteiger partial charge in [-0.2, -0.15) is 0 Å². The van der Waals surface area contributed by atoms with Gasteiger partial charge in [0.2, 0.25) is 0 Å². The van der Waals surface area contributed by atoms with E-state index in [1.807, 2.05) is 13.8 Å². The third-order valence-electron chi connectivity index (χ3n) is 2.92. The smallest absolute Gasteiger partial charge is 0.254 e. The SMILES string of the molecule is CC1CN(C(=O)c2cccc(F)c2)CC(C)N1.Cl. The predicted molar refractivity (Wildman–Crippen MR) is 71.6 cm³/mol. The molecular weight excluding hydrogens is 255 g/mol. The van der Waals surface area contributed by atoms with E-state index in [2.05, 4.69) is 5.32 Å². The fourth-order valence-electron chi connectivity index (χ4n) is 2.30. The zero-order chi connectivity index (χ0) is 12.4. The average molecular weight is 273 g/mol. The first-order chi connectivity index (χ1) is 8.06. The second-order valence-corrected chi connectivity index (χ2v) is 4.69. The number of halogens is 2. The maximum atomic E-state index is 13.1. The highest BCUT2D eigenvalue weighted by molar-refractivity contribution is 5.94. The zero-order valence-corrected chi connectivity index (χ0v) is 11.3. The zero-order valence-electron chi connectivity index (χ0n) is 10.5. The Morgan fingerprint density at radius 3 is 2.50 bits per heavy atom. The lowest BCUT2D eigenvalue weighted by molar-refractivity contribution is 0.0673. The van der Waals surface area contributed by atoms with Crippen molar-refractivity contribution in [2.24, 2.45) is 0 Å². The molecule has 2 atom stereocenters. The monoisotopic (exact) mass is 272 g/mol. The third-order valence-corrected chi connectivity index (χ3v) is 2.92. The van der Waals surface area contributed by atoms with Crippen LogP contribution >= 0.6 is 12.4 Å². The summed E-state index contributed by atoms with van der Waals surface area (Å²) in [5, 5.41) is 3.36. The van der Waals surface area contributed by atoms with E-state index in [1.54, 1.807) is 17.0 Å². The van der Waals surface area contributed by atoms with Gasteiger partial charge in [0.15, 0.2) is 0 Å². The molecule has 0 saturated carbocycles. The van der Waals surface area contributed by atoms with Crippen LogP contribution < -0.4 is 5.32 Å². The summed E-state index contributed by atoms with van der Waals surface area (Å²) in [6, 6.07) is 6.41. The summed E-state index contributed by atoms with van der Waals surface area (Å²) in [4.78, 5) is 14.0. The van der Waals surface area contributed by atoms with E-state index in [-0.39, 0.29) is 36.2 Å². The molecular formula is C13H18ClFN2O. The van der Waals surface area contributed by atoms with Crippen LogP contribution in [0.15, 0.2) is 24.3 Å². The largest absolute Gasteiger partial charge is 0.336 e. The normalized spacial score (nSPS) is 23.4. The van der Waals surface area contributed by atoms with Gasteiger partial charge < -0.3 is 10.2 Å². The van der Waals surface area contributed by atoms with Gasteiger partial charge in [-0.1, -0.05) is 6.07 Å². The predicted octanol–water partition coefficient (Wildman–Crippen LogP) is 2.07. The number of rotatable bonds is 1. The van der Waals surface area contributed by atoms with E-state index in [4.69, 9.17) is 0 Å². The first-order valence-electron chi connectivity index (χ1n) is 5.87. The van der Waals surface area contributed by atoms with Crippen molar-refractivity contribution in [1.29, 1.82) is 0 Å². The molecule has 18 heavy (non-hydrogen) atoms. The van der Waals surface area contributed by atoms with Crippen LogP contribution in [0.3, 0.4) is 0 Å². The van der Waals surface area contributed by atoms with Crippen LogP contribution in [0.5, 0.6) is 0 Å². The van der Waals surface area contributed by atoms with Crippen molar-refractivity contribution in [3.05, 3.63) is 35.6 Å². The Hall–Kier alpha value is -1.13. The van der Waals surface area contributed by atoms with Crippen molar-refractivity contribution in [1.82, 2.24) is 10.2 Å². The summed E-state index contributed by atoms with van der Waals surface area (Å²) in [5.74, 6) is -0.461. The number of piperazine rings is 1. The maximum absolute atomic E-state index is 13.1. The second kappa shape index (κ2) is 6.16. The molecule has 1 N–H and O–H groups in total. The van der Waals surface area contributed by atoms with Gasteiger partial charge in [-0.3, -0.25) is 4.79 Å². The molecule has 0 radical (unpaired) electrons. The molecule has 1 aromatic carbocycles. The lowest BCUT2D eigenvalue weighted by Gasteiger charge is -2.36. The third kappa shape index (κ3) is 3.43. The van der Waals surface area contributed by atoms with Crippen molar-refractivity contribution in [3.8, 4) is 0 Å². The Morgan fingerprint density at radius 1 is 1.33 bits per heavy atom. The quantitative estimate of drug-likeness (QED) is 0.849. The van der Waals surface area contributed by atoms with E-state index >= 15 is 0 Å². The topological polar surface area (TPSA) is 32.3 Å². The minimum atomic E-state index is -0.368. The number of benzene rings is 1. The van der Waals surface area contributed by atoms with E-state index in [1.165, 1.54) is 12.1 Å².